The molecule has 0 bridgehead atoms. The summed E-state index contributed by atoms with van der Waals surface area (Å²) in [4.78, 5) is 24.7. The van der Waals surface area contributed by atoms with Gasteiger partial charge < -0.3 is 15.8 Å². The Hall–Kier alpha value is -1.30. The summed E-state index contributed by atoms with van der Waals surface area (Å²) in [7, 11) is 0. The standard InChI is InChI=1S/C13H25N3O3/c1-13(2,3)19-12(18)15-10-6-4-5-7-16(8-10)9-11(14)17/h10H,4-9H2,1-3H3,(H2,14,17)(H,15,18)/t10-/m0/s1. The van der Waals surface area contributed by atoms with E-state index in [9.17, 15) is 9.59 Å². The molecular weight excluding hydrogens is 246 g/mol. The molecule has 1 aliphatic rings. The van der Waals surface area contributed by atoms with Crippen LogP contribution in [0, 0.1) is 0 Å². The number of primary amides is 1. The molecule has 0 radical (unpaired) electrons. The SMILES string of the molecule is CC(C)(C)OC(=O)N[C@H]1CCCCN(CC(N)=O)C1. The molecule has 1 saturated heterocycles. The Kier molecular flexibility index (Phi) is 5.60. The summed E-state index contributed by atoms with van der Waals surface area (Å²) in [6, 6.07) is 0.0108. The zero-order valence-corrected chi connectivity index (χ0v) is 12.1. The number of nitrogens with zero attached hydrogens (tertiary/aromatic N) is 1. The van der Waals surface area contributed by atoms with Crippen LogP contribution in [0.4, 0.5) is 4.79 Å². The van der Waals surface area contributed by atoms with Crippen LogP contribution in [-0.4, -0.2) is 48.2 Å². The van der Waals surface area contributed by atoms with E-state index in [1.807, 2.05) is 25.7 Å². The van der Waals surface area contributed by atoms with E-state index >= 15 is 0 Å². The predicted octanol–water partition coefficient (Wildman–Crippen LogP) is 0.851. The Balaban J connectivity index is 2.47. The number of likely N-dealkylation sites (tertiary alicyclic amines) is 1. The molecule has 2 amide bonds. The second-order valence-electron chi connectivity index (χ2n) is 6.04. The fourth-order valence-electron chi connectivity index (χ4n) is 2.18. The highest BCUT2D eigenvalue weighted by atomic mass is 16.6. The van der Waals surface area contributed by atoms with Gasteiger partial charge in [-0.25, -0.2) is 4.79 Å². The topological polar surface area (TPSA) is 84.7 Å². The molecule has 0 unspecified atom stereocenters. The van der Waals surface area contributed by atoms with E-state index in [1.165, 1.54) is 0 Å². The number of ether oxygens (including phenoxy) is 1. The molecule has 0 aromatic rings. The molecule has 1 atom stereocenters. The average molecular weight is 271 g/mol. The Labute approximate surface area is 114 Å². The highest BCUT2D eigenvalue weighted by molar-refractivity contribution is 5.76. The number of rotatable bonds is 3. The predicted molar refractivity (Wildman–Crippen MR) is 72.6 cm³/mol. The van der Waals surface area contributed by atoms with Crippen molar-refractivity contribution in [1.82, 2.24) is 10.2 Å². The zero-order valence-electron chi connectivity index (χ0n) is 12.1. The van der Waals surface area contributed by atoms with Crippen molar-refractivity contribution in [2.24, 2.45) is 5.73 Å². The third-order valence-electron chi connectivity index (χ3n) is 2.86. The number of nitrogens with one attached hydrogen (secondary N) is 1. The van der Waals surface area contributed by atoms with Gasteiger partial charge in [0.25, 0.3) is 0 Å². The van der Waals surface area contributed by atoms with Crippen LogP contribution in [0.2, 0.25) is 0 Å². The molecule has 0 aromatic carbocycles. The number of hydrogen-bond donors (Lipinski definition) is 2. The fourth-order valence-corrected chi connectivity index (χ4v) is 2.18. The lowest BCUT2D eigenvalue weighted by Crippen LogP contribution is -2.46. The zero-order chi connectivity index (χ0) is 14.5. The monoisotopic (exact) mass is 271 g/mol. The van der Waals surface area contributed by atoms with Gasteiger partial charge in [-0.3, -0.25) is 9.69 Å². The third-order valence-corrected chi connectivity index (χ3v) is 2.86. The summed E-state index contributed by atoms with van der Waals surface area (Å²) in [5.74, 6) is -0.335. The molecule has 6 heteroatoms. The highest BCUT2D eigenvalue weighted by Gasteiger charge is 2.23. The summed E-state index contributed by atoms with van der Waals surface area (Å²) in [6.07, 6.45) is 2.53. The maximum atomic E-state index is 11.7. The minimum Gasteiger partial charge on any atom is -0.444 e. The number of amides is 2. The van der Waals surface area contributed by atoms with E-state index in [0.717, 1.165) is 25.8 Å². The molecule has 19 heavy (non-hydrogen) atoms. The Morgan fingerprint density at radius 1 is 1.37 bits per heavy atom. The van der Waals surface area contributed by atoms with Gasteiger partial charge in [-0.05, 0) is 40.2 Å². The van der Waals surface area contributed by atoms with Crippen LogP contribution in [0.25, 0.3) is 0 Å². The van der Waals surface area contributed by atoms with Crippen molar-refractivity contribution in [3.05, 3.63) is 0 Å². The van der Waals surface area contributed by atoms with Crippen molar-refractivity contribution in [3.63, 3.8) is 0 Å². The van der Waals surface area contributed by atoms with E-state index in [0.29, 0.717) is 6.54 Å². The van der Waals surface area contributed by atoms with Crippen LogP contribution < -0.4 is 11.1 Å². The molecule has 1 heterocycles. The maximum absolute atomic E-state index is 11.7. The number of alkyl carbamates (subject to hydrolysis) is 1. The lowest BCUT2D eigenvalue weighted by atomic mass is 10.1. The largest absolute Gasteiger partial charge is 0.444 e. The molecule has 0 saturated carbocycles. The lowest BCUT2D eigenvalue weighted by molar-refractivity contribution is -0.119. The summed E-state index contributed by atoms with van der Waals surface area (Å²) in [6.45, 7) is 7.22. The van der Waals surface area contributed by atoms with Gasteiger partial charge in [0.2, 0.25) is 5.91 Å². The highest BCUT2D eigenvalue weighted by Crippen LogP contribution is 2.12. The van der Waals surface area contributed by atoms with Gasteiger partial charge in [-0.2, -0.15) is 0 Å². The van der Waals surface area contributed by atoms with Crippen molar-refractivity contribution in [3.8, 4) is 0 Å². The maximum Gasteiger partial charge on any atom is 0.407 e. The van der Waals surface area contributed by atoms with Crippen LogP contribution in [0.5, 0.6) is 0 Å². The lowest BCUT2D eigenvalue weighted by Gasteiger charge is -2.25. The molecular formula is C13H25N3O3. The molecule has 1 rings (SSSR count). The van der Waals surface area contributed by atoms with Crippen molar-refractivity contribution in [2.75, 3.05) is 19.6 Å². The third kappa shape index (κ3) is 7.00. The van der Waals surface area contributed by atoms with E-state index in [2.05, 4.69) is 5.32 Å². The number of nitrogens with two attached hydrogens (primary N) is 1. The molecule has 3 N–H and O–H groups in total. The average Bonchev–Trinajstić information content (AvgIpc) is 2.39. The molecule has 1 fully saturated rings. The van der Waals surface area contributed by atoms with Gasteiger partial charge >= 0.3 is 6.09 Å². The van der Waals surface area contributed by atoms with Crippen LogP contribution in [0.15, 0.2) is 0 Å². The fraction of sp³-hybridized carbons (Fsp3) is 0.846. The first-order valence-electron chi connectivity index (χ1n) is 6.76. The van der Waals surface area contributed by atoms with Gasteiger partial charge in [0.1, 0.15) is 5.60 Å². The number of carbonyl (C=O) groups is 2. The van der Waals surface area contributed by atoms with Crippen LogP contribution in [0.3, 0.4) is 0 Å². The van der Waals surface area contributed by atoms with Gasteiger partial charge in [0, 0.05) is 12.6 Å². The normalized spacial score (nSPS) is 21.5. The smallest absolute Gasteiger partial charge is 0.407 e. The first kappa shape index (κ1) is 15.8. The van der Waals surface area contributed by atoms with Crippen molar-refractivity contribution in [1.29, 1.82) is 0 Å². The number of carbonyl (C=O) groups excluding carboxylic acids is 2. The van der Waals surface area contributed by atoms with Gasteiger partial charge in [-0.15, -0.1) is 0 Å². The van der Waals surface area contributed by atoms with Crippen molar-refractivity contribution >= 4 is 12.0 Å². The van der Waals surface area contributed by atoms with E-state index < -0.39 is 11.7 Å². The first-order chi connectivity index (χ1) is 8.76. The minimum atomic E-state index is -0.498. The van der Waals surface area contributed by atoms with E-state index in [-0.39, 0.29) is 18.5 Å². The van der Waals surface area contributed by atoms with Gasteiger partial charge in [0.05, 0.1) is 6.54 Å². The Bertz CT molecular complexity index is 326. The molecule has 6 nitrogen and oxygen atoms in total. The Morgan fingerprint density at radius 3 is 2.63 bits per heavy atom. The molecule has 0 spiro atoms. The Morgan fingerprint density at radius 2 is 2.05 bits per heavy atom. The summed E-state index contributed by atoms with van der Waals surface area (Å²) in [5, 5.41) is 2.86. The van der Waals surface area contributed by atoms with Crippen LogP contribution in [0.1, 0.15) is 40.0 Å². The quantitative estimate of drug-likeness (QED) is 0.797. The number of hydrogen-bond acceptors (Lipinski definition) is 4. The van der Waals surface area contributed by atoms with Crippen LogP contribution >= 0.6 is 0 Å². The molecule has 110 valence electrons. The van der Waals surface area contributed by atoms with E-state index in [4.69, 9.17) is 10.5 Å². The summed E-state index contributed by atoms with van der Waals surface area (Å²) >= 11 is 0. The summed E-state index contributed by atoms with van der Waals surface area (Å²) in [5.41, 5.74) is 4.71. The summed E-state index contributed by atoms with van der Waals surface area (Å²) < 4.78 is 5.24. The van der Waals surface area contributed by atoms with Gasteiger partial charge in [0.15, 0.2) is 0 Å². The molecule has 1 aliphatic heterocycles. The van der Waals surface area contributed by atoms with Crippen LogP contribution in [-0.2, 0) is 9.53 Å². The molecule has 0 aliphatic carbocycles. The minimum absolute atomic E-state index is 0.0108. The molecule has 0 aromatic heterocycles. The van der Waals surface area contributed by atoms with E-state index in [1.54, 1.807) is 0 Å². The van der Waals surface area contributed by atoms with Crippen molar-refractivity contribution < 1.29 is 14.3 Å². The second-order valence-corrected chi connectivity index (χ2v) is 6.04. The van der Waals surface area contributed by atoms with Gasteiger partial charge in [-0.1, -0.05) is 6.42 Å². The second kappa shape index (κ2) is 6.75. The first-order valence-corrected chi connectivity index (χ1v) is 6.76. The van der Waals surface area contributed by atoms with Crippen molar-refractivity contribution in [2.45, 2.75) is 51.7 Å².